The topological polar surface area (TPSA) is 97.1 Å². The fraction of sp³-hybridized carbons (Fsp3) is 0.545. The highest BCUT2D eigenvalue weighted by molar-refractivity contribution is 7.89. The number of hydrogen-bond acceptors (Lipinski definition) is 5. The molecule has 6 nitrogen and oxygen atoms in total. The van der Waals surface area contributed by atoms with Crippen LogP contribution < -0.4 is 16.0 Å². The van der Waals surface area contributed by atoms with Gasteiger partial charge in [-0.25, -0.2) is 18.1 Å². The maximum atomic E-state index is 12.1. The van der Waals surface area contributed by atoms with E-state index in [1.54, 1.807) is 12.1 Å². The van der Waals surface area contributed by atoms with E-state index in [4.69, 9.17) is 5.84 Å². The summed E-state index contributed by atoms with van der Waals surface area (Å²) < 4.78 is 26.7. The first-order valence-electron chi connectivity index (χ1n) is 5.96. The minimum atomic E-state index is -3.62. The summed E-state index contributed by atoms with van der Waals surface area (Å²) in [7, 11) is -3.62. The smallest absolute Gasteiger partial charge is 0.260 e. The molecule has 18 heavy (non-hydrogen) atoms. The fourth-order valence-corrected chi connectivity index (χ4v) is 2.80. The molecule has 0 bridgehead atoms. The molecule has 0 saturated heterocycles. The number of sulfonamides is 1. The van der Waals surface area contributed by atoms with Crippen molar-refractivity contribution < 1.29 is 8.42 Å². The predicted molar refractivity (Wildman–Crippen MR) is 71.3 cm³/mol. The minimum Gasteiger partial charge on any atom is -0.321 e. The molecule has 0 aliphatic rings. The molecule has 0 atom stereocenters. The van der Waals surface area contributed by atoms with Crippen LogP contribution in [0.2, 0.25) is 0 Å². The molecule has 1 aromatic heterocycles. The van der Waals surface area contributed by atoms with Crippen LogP contribution in [0.25, 0.3) is 0 Å². The van der Waals surface area contributed by atoms with E-state index in [-0.39, 0.29) is 10.7 Å². The van der Waals surface area contributed by atoms with Gasteiger partial charge in [-0.3, -0.25) is 5.84 Å². The Kier molecular flexibility index (Phi) is 5.52. The highest BCUT2D eigenvalue weighted by Crippen LogP contribution is 2.17. The molecular weight excluding hydrogens is 252 g/mol. The number of nitrogens with one attached hydrogen (secondary N) is 2. The maximum Gasteiger partial charge on any atom is 0.260 e. The van der Waals surface area contributed by atoms with Crippen LogP contribution in [-0.4, -0.2) is 19.9 Å². The van der Waals surface area contributed by atoms with E-state index >= 15 is 0 Å². The Morgan fingerprint density at radius 2 is 2.06 bits per heavy atom. The van der Waals surface area contributed by atoms with Crippen LogP contribution >= 0.6 is 0 Å². The van der Waals surface area contributed by atoms with Gasteiger partial charge in [-0.05, 0) is 18.1 Å². The van der Waals surface area contributed by atoms with Crippen LogP contribution in [0, 0.1) is 5.92 Å². The lowest BCUT2D eigenvalue weighted by Crippen LogP contribution is -2.30. The quantitative estimate of drug-likeness (QED) is 0.510. The van der Waals surface area contributed by atoms with Crippen LogP contribution in [-0.2, 0) is 10.0 Å². The van der Waals surface area contributed by atoms with Crippen molar-refractivity contribution in [2.45, 2.75) is 31.7 Å². The summed E-state index contributed by atoms with van der Waals surface area (Å²) in [6.07, 6.45) is 3.29. The molecular formula is C11H20N4O2S. The number of anilines is 1. The van der Waals surface area contributed by atoms with Crippen molar-refractivity contribution in [2.24, 2.45) is 11.8 Å². The van der Waals surface area contributed by atoms with Crippen molar-refractivity contribution in [3.8, 4) is 0 Å². The van der Waals surface area contributed by atoms with Crippen molar-refractivity contribution in [2.75, 3.05) is 12.0 Å². The molecule has 4 N–H and O–H groups in total. The molecule has 1 aromatic rings. The Morgan fingerprint density at radius 1 is 1.39 bits per heavy atom. The number of nitrogens with zero attached hydrogens (tertiary/aromatic N) is 1. The number of hydrazine groups is 1. The Bertz CT molecular complexity index is 472. The van der Waals surface area contributed by atoms with Gasteiger partial charge in [-0.2, -0.15) is 0 Å². The zero-order chi connectivity index (χ0) is 13.6. The average molecular weight is 272 g/mol. The van der Waals surface area contributed by atoms with Crippen molar-refractivity contribution in [1.29, 1.82) is 0 Å². The van der Waals surface area contributed by atoms with Gasteiger partial charge in [-0.15, -0.1) is 0 Å². The van der Waals surface area contributed by atoms with E-state index < -0.39 is 10.0 Å². The zero-order valence-corrected chi connectivity index (χ0v) is 11.5. The van der Waals surface area contributed by atoms with Gasteiger partial charge in [0.25, 0.3) is 10.0 Å². The summed E-state index contributed by atoms with van der Waals surface area (Å²) in [5.41, 5.74) is 2.62. The number of nitrogens with two attached hydrogens (primary N) is 1. The van der Waals surface area contributed by atoms with Gasteiger partial charge in [0.1, 0.15) is 0 Å². The van der Waals surface area contributed by atoms with Crippen molar-refractivity contribution in [3.05, 3.63) is 18.3 Å². The summed E-state index contributed by atoms with van der Waals surface area (Å²) in [4.78, 5) is 3.86. The standard InChI is InChI=1S/C11H20N4O2S/c1-3-9(4-2)8-14-18(16,17)11-10(15-12)6-5-7-13-11/h5-7,9,14-15H,3-4,8,12H2,1-2H3. The molecule has 7 heteroatoms. The first-order valence-corrected chi connectivity index (χ1v) is 7.44. The lowest BCUT2D eigenvalue weighted by molar-refractivity contribution is 0.478. The molecule has 102 valence electrons. The second-order valence-electron chi connectivity index (χ2n) is 4.03. The van der Waals surface area contributed by atoms with Gasteiger partial charge in [0.2, 0.25) is 0 Å². The van der Waals surface area contributed by atoms with Gasteiger partial charge in [0.15, 0.2) is 5.03 Å². The first kappa shape index (κ1) is 14.9. The van der Waals surface area contributed by atoms with Crippen LogP contribution in [0.15, 0.2) is 23.4 Å². The van der Waals surface area contributed by atoms with E-state index in [1.165, 1.54) is 6.20 Å². The van der Waals surface area contributed by atoms with Gasteiger partial charge in [-0.1, -0.05) is 26.7 Å². The molecule has 0 unspecified atom stereocenters. The van der Waals surface area contributed by atoms with Crippen molar-refractivity contribution >= 4 is 15.7 Å². The van der Waals surface area contributed by atoms with Crippen LogP contribution in [0.4, 0.5) is 5.69 Å². The molecule has 0 aromatic carbocycles. The Balaban J connectivity index is 2.86. The van der Waals surface area contributed by atoms with E-state index in [0.29, 0.717) is 12.5 Å². The molecule has 0 saturated carbocycles. The molecule has 1 rings (SSSR count). The number of pyridine rings is 1. The second kappa shape index (κ2) is 6.67. The lowest BCUT2D eigenvalue weighted by atomic mass is 10.0. The fourth-order valence-electron chi connectivity index (χ4n) is 1.59. The lowest BCUT2D eigenvalue weighted by Gasteiger charge is -2.14. The molecule has 1 heterocycles. The maximum absolute atomic E-state index is 12.1. The third-order valence-corrected chi connectivity index (χ3v) is 4.28. The first-order chi connectivity index (χ1) is 8.55. The largest absolute Gasteiger partial charge is 0.321 e. The Morgan fingerprint density at radius 3 is 2.61 bits per heavy atom. The molecule has 0 aliphatic heterocycles. The van der Waals surface area contributed by atoms with Crippen LogP contribution in [0.5, 0.6) is 0 Å². The van der Waals surface area contributed by atoms with E-state index in [0.717, 1.165) is 12.8 Å². The second-order valence-corrected chi connectivity index (χ2v) is 5.72. The average Bonchev–Trinajstić information content (AvgIpc) is 2.39. The highest BCUT2D eigenvalue weighted by atomic mass is 32.2. The number of rotatable bonds is 7. The van der Waals surface area contributed by atoms with E-state index in [9.17, 15) is 8.42 Å². The molecule has 0 aliphatic carbocycles. The predicted octanol–water partition coefficient (Wildman–Crippen LogP) is 1.08. The van der Waals surface area contributed by atoms with Gasteiger partial charge >= 0.3 is 0 Å². The summed E-state index contributed by atoms with van der Waals surface area (Å²) >= 11 is 0. The van der Waals surface area contributed by atoms with Gasteiger partial charge in [0.05, 0.1) is 5.69 Å². The minimum absolute atomic E-state index is 0.0709. The molecule has 0 radical (unpaired) electrons. The SMILES string of the molecule is CCC(CC)CNS(=O)(=O)c1ncccc1NN. The Labute approximate surface area is 108 Å². The third-order valence-electron chi connectivity index (χ3n) is 2.90. The monoisotopic (exact) mass is 272 g/mol. The highest BCUT2D eigenvalue weighted by Gasteiger charge is 2.20. The number of nitrogen functional groups attached to an aromatic ring is 1. The number of hydrogen-bond donors (Lipinski definition) is 3. The molecule has 0 fully saturated rings. The van der Waals surface area contributed by atoms with Crippen molar-refractivity contribution in [3.63, 3.8) is 0 Å². The van der Waals surface area contributed by atoms with Crippen LogP contribution in [0.1, 0.15) is 26.7 Å². The normalized spacial score (nSPS) is 11.8. The number of aromatic nitrogens is 1. The summed E-state index contributed by atoms with van der Waals surface area (Å²) in [6, 6.07) is 3.19. The van der Waals surface area contributed by atoms with Crippen molar-refractivity contribution in [1.82, 2.24) is 9.71 Å². The summed E-state index contributed by atoms with van der Waals surface area (Å²) in [6.45, 7) is 4.49. The van der Waals surface area contributed by atoms with Gasteiger partial charge < -0.3 is 5.43 Å². The summed E-state index contributed by atoms with van der Waals surface area (Å²) in [5.74, 6) is 5.60. The third kappa shape index (κ3) is 3.66. The van der Waals surface area contributed by atoms with E-state index in [2.05, 4.69) is 15.1 Å². The van der Waals surface area contributed by atoms with Crippen LogP contribution in [0.3, 0.4) is 0 Å². The van der Waals surface area contributed by atoms with Gasteiger partial charge in [0, 0.05) is 12.7 Å². The Hall–Kier alpha value is -1.18. The molecule has 0 amide bonds. The van der Waals surface area contributed by atoms with E-state index in [1.807, 2.05) is 13.8 Å². The summed E-state index contributed by atoms with van der Waals surface area (Å²) in [5, 5.41) is -0.0709. The molecule has 0 spiro atoms. The zero-order valence-electron chi connectivity index (χ0n) is 10.7.